The Labute approximate surface area is 89.7 Å². The highest BCUT2D eigenvalue weighted by Gasteiger charge is 2.20. The average Bonchev–Trinajstić information content (AvgIpc) is 2.67. The summed E-state index contributed by atoms with van der Waals surface area (Å²) in [4.78, 5) is 2.37. The van der Waals surface area contributed by atoms with Crippen molar-refractivity contribution in [3.05, 3.63) is 29.3 Å². The molecule has 1 heterocycles. The van der Waals surface area contributed by atoms with E-state index in [1.807, 2.05) is 12.1 Å². The molecule has 1 aliphatic heterocycles. The third kappa shape index (κ3) is 2.02. The summed E-state index contributed by atoms with van der Waals surface area (Å²) in [6.07, 6.45) is 1.21. The van der Waals surface area contributed by atoms with Crippen molar-refractivity contribution in [1.82, 2.24) is 0 Å². The second-order valence-corrected chi connectivity index (χ2v) is 4.25. The maximum Gasteiger partial charge on any atom is 0.0407 e. The van der Waals surface area contributed by atoms with E-state index in [1.165, 1.54) is 12.1 Å². The highest BCUT2D eigenvalue weighted by molar-refractivity contribution is 6.30. The Morgan fingerprint density at radius 1 is 1.36 bits per heavy atom. The Bertz CT molecular complexity index is 297. The molecule has 0 aliphatic carbocycles. The van der Waals surface area contributed by atoms with Gasteiger partial charge in [0, 0.05) is 23.8 Å². The number of anilines is 1. The summed E-state index contributed by atoms with van der Waals surface area (Å²) in [5, 5.41) is 0.795. The van der Waals surface area contributed by atoms with E-state index in [1.54, 1.807) is 0 Å². The summed E-state index contributed by atoms with van der Waals surface area (Å²) in [5.41, 5.74) is 6.91. The quantitative estimate of drug-likeness (QED) is 0.811. The fourth-order valence-corrected chi connectivity index (χ4v) is 2.04. The molecule has 3 heteroatoms. The molecule has 1 saturated heterocycles. The Kier molecular flexibility index (Phi) is 2.94. The summed E-state index contributed by atoms with van der Waals surface area (Å²) in [5.74, 6) is 0.658. The first-order chi connectivity index (χ1) is 6.79. The Hall–Kier alpha value is -0.730. The number of halogens is 1. The van der Waals surface area contributed by atoms with Crippen molar-refractivity contribution in [2.24, 2.45) is 11.7 Å². The number of hydrogen-bond donors (Lipinski definition) is 1. The van der Waals surface area contributed by atoms with Crippen LogP contribution in [0.5, 0.6) is 0 Å². The molecule has 1 fully saturated rings. The van der Waals surface area contributed by atoms with E-state index >= 15 is 0 Å². The molecule has 1 atom stereocenters. The van der Waals surface area contributed by atoms with Crippen molar-refractivity contribution < 1.29 is 0 Å². The second kappa shape index (κ2) is 4.20. The van der Waals surface area contributed by atoms with E-state index < -0.39 is 0 Å². The van der Waals surface area contributed by atoms with Gasteiger partial charge in [-0.1, -0.05) is 11.6 Å². The minimum absolute atomic E-state index is 0.658. The van der Waals surface area contributed by atoms with Crippen LogP contribution in [-0.2, 0) is 0 Å². The lowest BCUT2D eigenvalue weighted by molar-refractivity contribution is 0.602. The molecule has 0 aromatic heterocycles. The van der Waals surface area contributed by atoms with Crippen LogP contribution in [0.15, 0.2) is 24.3 Å². The van der Waals surface area contributed by atoms with Crippen LogP contribution in [-0.4, -0.2) is 19.6 Å². The van der Waals surface area contributed by atoms with Crippen LogP contribution in [0.1, 0.15) is 6.42 Å². The fraction of sp³-hybridized carbons (Fsp3) is 0.455. The van der Waals surface area contributed by atoms with Gasteiger partial charge in [-0.15, -0.1) is 0 Å². The van der Waals surface area contributed by atoms with Crippen LogP contribution >= 0.6 is 11.6 Å². The van der Waals surface area contributed by atoms with E-state index in [4.69, 9.17) is 17.3 Å². The van der Waals surface area contributed by atoms with Crippen molar-refractivity contribution in [3.8, 4) is 0 Å². The van der Waals surface area contributed by atoms with Crippen molar-refractivity contribution in [1.29, 1.82) is 0 Å². The normalized spacial score (nSPS) is 21.6. The first-order valence-electron chi connectivity index (χ1n) is 5.00. The van der Waals surface area contributed by atoms with Gasteiger partial charge in [0.05, 0.1) is 0 Å². The summed E-state index contributed by atoms with van der Waals surface area (Å²) in [7, 11) is 0. The van der Waals surface area contributed by atoms with Gasteiger partial charge in [0.2, 0.25) is 0 Å². The zero-order valence-electron chi connectivity index (χ0n) is 8.12. The van der Waals surface area contributed by atoms with Crippen molar-refractivity contribution in [2.75, 3.05) is 24.5 Å². The molecule has 14 heavy (non-hydrogen) atoms. The Balaban J connectivity index is 2.06. The molecular weight excluding hydrogens is 196 g/mol. The molecule has 0 bridgehead atoms. The summed E-state index contributed by atoms with van der Waals surface area (Å²) < 4.78 is 0. The third-order valence-corrected chi connectivity index (χ3v) is 3.06. The number of nitrogens with two attached hydrogens (primary N) is 1. The average molecular weight is 211 g/mol. The molecule has 1 aliphatic rings. The molecular formula is C11H15ClN2. The lowest BCUT2D eigenvalue weighted by Crippen LogP contribution is -2.22. The van der Waals surface area contributed by atoms with Crippen LogP contribution in [0.4, 0.5) is 5.69 Å². The predicted molar refractivity (Wildman–Crippen MR) is 60.8 cm³/mol. The van der Waals surface area contributed by atoms with Gasteiger partial charge in [-0.05, 0) is 43.1 Å². The highest BCUT2D eigenvalue weighted by atomic mass is 35.5. The van der Waals surface area contributed by atoms with Crippen LogP contribution in [0.2, 0.25) is 5.02 Å². The van der Waals surface area contributed by atoms with Gasteiger partial charge in [-0.3, -0.25) is 0 Å². The first-order valence-corrected chi connectivity index (χ1v) is 5.38. The zero-order chi connectivity index (χ0) is 9.97. The molecule has 0 spiro atoms. The van der Waals surface area contributed by atoms with E-state index in [2.05, 4.69) is 17.0 Å². The Morgan fingerprint density at radius 3 is 2.64 bits per heavy atom. The van der Waals surface area contributed by atoms with Crippen LogP contribution in [0.3, 0.4) is 0 Å². The van der Waals surface area contributed by atoms with E-state index in [0.29, 0.717) is 5.92 Å². The van der Waals surface area contributed by atoms with Crippen LogP contribution < -0.4 is 10.6 Å². The standard InChI is InChI=1S/C11H15ClN2/c12-10-1-3-11(4-2-10)14-6-5-9(7-13)8-14/h1-4,9H,5-8,13H2/t9-/m0/s1. The molecule has 1 aromatic rings. The smallest absolute Gasteiger partial charge is 0.0407 e. The van der Waals surface area contributed by atoms with Crippen molar-refractivity contribution in [3.63, 3.8) is 0 Å². The lowest BCUT2D eigenvalue weighted by atomic mass is 10.1. The number of hydrogen-bond acceptors (Lipinski definition) is 2. The molecule has 0 radical (unpaired) electrons. The third-order valence-electron chi connectivity index (χ3n) is 2.81. The Morgan fingerprint density at radius 2 is 2.07 bits per heavy atom. The molecule has 0 saturated carbocycles. The van der Waals surface area contributed by atoms with Gasteiger partial charge in [0.15, 0.2) is 0 Å². The molecule has 76 valence electrons. The monoisotopic (exact) mass is 210 g/mol. The predicted octanol–water partition coefficient (Wildman–Crippen LogP) is 2.12. The van der Waals surface area contributed by atoms with Gasteiger partial charge in [-0.25, -0.2) is 0 Å². The number of nitrogens with zero attached hydrogens (tertiary/aromatic N) is 1. The maximum absolute atomic E-state index is 5.84. The molecule has 0 amide bonds. The minimum Gasteiger partial charge on any atom is -0.371 e. The van der Waals surface area contributed by atoms with Gasteiger partial charge >= 0.3 is 0 Å². The van der Waals surface area contributed by atoms with E-state index in [-0.39, 0.29) is 0 Å². The number of rotatable bonds is 2. The van der Waals surface area contributed by atoms with Crippen LogP contribution in [0, 0.1) is 5.92 Å². The van der Waals surface area contributed by atoms with Crippen molar-refractivity contribution >= 4 is 17.3 Å². The molecule has 2 nitrogen and oxygen atoms in total. The first kappa shape index (κ1) is 9.81. The molecule has 2 N–H and O–H groups in total. The maximum atomic E-state index is 5.84. The molecule has 1 aromatic carbocycles. The second-order valence-electron chi connectivity index (χ2n) is 3.81. The summed E-state index contributed by atoms with van der Waals surface area (Å²) in [6, 6.07) is 8.02. The summed E-state index contributed by atoms with van der Waals surface area (Å²) >= 11 is 5.84. The molecule has 2 rings (SSSR count). The number of benzene rings is 1. The van der Waals surface area contributed by atoms with E-state index in [9.17, 15) is 0 Å². The van der Waals surface area contributed by atoms with E-state index in [0.717, 1.165) is 24.7 Å². The van der Waals surface area contributed by atoms with Crippen LogP contribution in [0.25, 0.3) is 0 Å². The zero-order valence-corrected chi connectivity index (χ0v) is 8.87. The van der Waals surface area contributed by atoms with Crippen molar-refractivity contribution in [2.45, 2.75) is 6.42 Å². The molecule has 0 unspecified atom stereocenters. The largest absolute Gasteiger partial charge is 0.371 e. The SMILES string of the molecule is NC[C@@H]1CCN(c2ccc(Cl)cc2)C1. The summed E-state index contributed by atoms with van der Waals surface area (Å²) in [6.45, 7) is 2.99. The highest BCUT2D eigenvalue weighted by Crippen LogP contribution is 2.24. The van der Waals surface area contributed by atoms with Gasteiger partial charge in [-0.2, -0.15) is 0 Å². The van der Waals surface area contributed by atoms with Gasteiger partial charge in [0.1, 0.15) is 0 Å². The van der Waals surface area contributed by atoms with Gasteiger partial charge < -0.3 is 10.6 Å². The van der Waals surface area contributed by atoms with Gasteiger partial charge in [0.25, 0.3) is 0 Å². The minimum atomic E-state index is 0.658. The fourth-order valence-electron chi connectivity index (χ4n) is 1.91. The lowest BCUT2D eigenvalue weighted by Gasteiger charge is -2.18. The topological polar surface area (TPSA) is 29.3 Å².